The Bertz CT molecular complexity index is 759. The van der Waals surface area contributed by atoms with Crippen molar-refractivity contribution >= 4 is 33.5 Å². The number of anilines is 1. The van der Waals surface area contributed by atoms with Gasteiger partial charge in [-0.15, -0.1) is 0 Å². The molecule has 138 valence electrons. The van der Waals surface area contributed by atoms with Crippen LogP contribution in [0, 0.1) is 0 Å². The molecule has 0 unspecified atom stereocenters. The molecule has 2 aromatic carbocycles. The van der Waals surface area contributed by atoms with Crippen molar-refractivity contribution in [2.75, 3.05) is 18.5 Å². The maximum absolute atomic E-state index is 12.4. The molecule has 0 bridgehead atoms. The molecule has 0 atom stereocenters. The molecule has 0 aromatic heterocycles. The molecule has 0 heterocycles. The lowest BCUT2D eigenvalue weighted by Gasteiger charge is -2.10. The number of carbonyl (C=O) groups is 2. The maximum Gasteiger partial charge on any atom is 0.338 e. The van der Waals surface area contributed by atoms with E-state index in [-0.39, 0.29) is 11.9 Å². The number of hydrogen-bond acceptors (Lipinski definition) is 4. The molecule has 2 aromatic rings. The van der Waals surface area contributed by atoms with E-state index >= 15 is 0 Å². The number of unbranched alkanes of at least 4 members (excludes halogenated alkanes) is 1. The highest BCUT2D eigenvalue weighted by molar-refractivity contribution is 9.10. The summed E-state index contributed by atoms with van der Waals surface area (Å²) in [6.07, 6.45) is 2.05. The van der Waals surface area contributed by atoms with E-state index in [1.165, 1.54) is 0 Å². The van der Waals surface area contributed by atoms with E-state index in [4.69, 9.17) is 9.47 Å². The van der Waals surface area contributed by atoms with Gasteiger partial charge in [-0.05, 0) is 71.7 Å². The zero-order valence-corrected chi connectivity index (χ0v) is 16.5. The highest BCUT2D eigenvalue weighted by atomic mass is 79.9. The van der Waals surface area contributed by atoms with Crippen molar-refractivity contribution in [3.63, 3.8) is 0 Å². The second-order valence-corrected chi connectivity index (χ2v) is 6.45. The van der Waals surface area contributed by atoms with Gasteiger partial charge in [-0.25, -0.2) is 4.79 Å². The summed E-state index contributed by atoms with van der Waals surface area (Å²) in [5.74, 6) is 0.0939. The summed E-state index contributed by atoms with van der Waals surface area (Å²) in [5, 5.41) is 2.80. The lowest BCUT2D eigenvalue weighted by Crippen LogP contribution is -2.12. The molecule has 6 heteroatoms. The Kier molecular flexibility index (Phi) is 7.66. The molecule has 0 aliphatic carbocycles. The van der Waals surface area contributed by atoms with Crippen LogP contribution in [0.3, 0.4) is 0 Å². The van der Waals surface area contributed by atoms with Crippen molar-refractivity contribution in [2.45, 2.75) is 26.7 Å². The van der Waals surface area contributed by atoms with Crippen LogP contribution in [0.4, 0.5) is 5.69 Å². The summed E-state index contributed by atoms with van der Waals surface area (Å²) in [5.41, 5.74) is 1.55. The van der Waals surface area contributed by atoms with Crippen LogP contribution >= 0.6 is 15.9 Å². The van der Waals surface area contributed by atoms with Crippen LogP contribution < -0.4 is 10.1 Å². The van der Waals surface area contributed by atoms with E-state index < -0.39 is 0 Å². The molecule has 0 saturated carbocycles. The summed E-state index contributed by atoms with van der Waals surface area (Å²) in [7, 11) is 0. The van der Waals surface area contributed by atoms with Crippen LogP contribution in [0.25, 0.3) is 0 Å². The quantitative estimate of drug-likeness (QED) is 0.479. The fraction of sp³-hybridized carbons (Fsp3) is 0.300. The predicted molar refractivity (Wildman–Crippen MR) is 105 cm³/mol. The van der Waals surface area contributed by atoms with Gasteiger partial charge < -0.3 is 14.8 Å². The van der Waals surface area contributed by atoms with Crippen molar-refractivity contribution in [3.05, 3.63) is 58.1 Å². The molecule has 0 fully saturated rings. The van der Waals surface area contributed by atoms with E-state index in [0.29, 0.717) is 35.8 Å². The van der Waals surface area contributed by atoms with E-state index in [1.807, 2.05) is 0 Å². The Labute approximate surface area is 161 Å². The Morgan fingerprint density at radius 2 is 1.73 bits per heavy atom. The summed E-state index contributed by atoms with van der Waals surface area (Å²) >= 11 is 3.44. The normalized spacial score (nSPS) is 10.3. The van der Waals surface area contributed by atoms with Gasteiger partial charge in [0.2, 0.25) is 0 Å². The minimum atomic E-state index is -0.382. The number of halogens is 1. The van der Waals surface area contributed by atoms with E-state index in [9.17, 15) is 9.59 Å². The highest BCUT2D eigenvalue weighted by Crippen LogP contribution is 2.26. The van der Waals surface area contributed by atoms with Gasteiger partial charge in [0, 0.05) is 11.3 Å². The second kappa shape index (κ2) is 9.97. The summed E-state index contributed by atoms with van der Waals surface area (Å²) in [6, 6.07) is 11.8. The second-order valence-electron chi connectivity index (χ2n) is 5.60. The molecule has 0 saturated heterocycles. The fourth-order valence-electron chi connectivity index (χ4n) is 2.19. The Morgan fingerprint density at radius 1 is 1.04 bits per heavy atom. The first kappa shape index (κ1) is 20.0. The Balaban J connectivity index is 2.01. The van der Waals surface area contributed by atoms with Gasteiger partial charge in [-0.2, -0.15) is 0 Å². The van der Waals surface area contributed by atoms with Crippen LogP contribution in [0.5, 0.6) is 5.75 Å². The lowest BCUT2D eigenvalue weighted by molar-refractivity contribution is 0.0526. The minimum absolute atomic E-state index is 0.241. The zero-order valence-electron chi connectivity index (χ0n) is 14.9. The van der Waals surface area contributed by atoms with Gasteiger partial charge in [0.15, 0.2) is 0 Å². The van der Waals surface area contributed by atoms with Crippen LogP contribution in [0.2, 0.25) is 0 Å². The zero-order chi connectivity index (χ0) is 18.9. The number of carbonyl (C=O) groups excluding carboxylic acids is 2. The summed E-state index contributed by atoms with van der Waals surface area (Å²) in [4.78, 5) is 24.0. The van der Waals surface area contributed by atoms with Gasteiger partial charge in [-0.1, -0.05) is 13.3 Å². The largest absolute Gasteiger partial charge is 0.492 e. The lowest BCUT2D eigenvalue weighted by atomic mass is 10.1. The number of rotatable bonds is 8. The third-order valence-electron chi connectivity index (χ3n) is 3.60. The molecule has 0 spiro atoms. The Morgan fingerprint density at radius 3 is 2.35 bits per heavy atom. The van der Waals surface area contributed by atoms with Crippen molar-refractivity contribution < 1.29 is 19.1 Å². The van der Waals surface area contributed by atoms with Crippen molar-refractivity contribution in [1.29, 1.82) is 0 Å². The first-order valence-corrected chi connectivity index (χ1v) is 9.35. The van der Waals surface area contributed by atoms with Crippen LogP contribution in [0.15, 0.2) is 46.9 Å². The number of benzene rings is 2. The topological polar surface area (TPSA) is 64.6 Å². The fourth-order valence-corrected chi connectivity index (χ4v) is 2.69. The van der Waals surface area contributed by atoms with Crippen molar-refractivity contribution in [2.24, 2.45) is 0 Å². The summed E-state index contributed by atoms with van der Waals surface area (Å²) < 4.78 is 11.3. The van der Waals surface area contributed by atoms with Gasteiger partial charge in [0.05, 0.1) is 23.2 Å². The van der Waals surface area contributed by atoms with Crippen LogP contribution in [-0.4, -0.2) is 25.1 Å². The first-order valence-electron chi connectivity index (χ1n) is 8.56. The molecule has 26 heavy (non-hydrogen) atoms. The molecule has 2 rings (SSSR count). The SMILES string of the molecule is CCCCOc1ccc(C(=O)Nc2ccc(C(=O)OCC)cc2)cc1Br. The number of amides is 1. The van der Waals surface area contributed by atoms with Gasteiger partial charge >= 0.3 is 5.97 Å². The third kappa shape index (κ3) is 5.59. The third-order valence-corrected chi connectivity index (χ3v) is 4.22. The molecule has 5 nitrogen and oxygen atoms in total. The smallest absolute Gasteiger partial charge is 0.338 e. The number of hydrogen-bond donors (Lipinski definition) is 1. The summed E-state index contributed by atoms with van der Waals surface area (Å²) in [6.45, 7) is 4.83. The van der Waals surface area contributed by atoms with Gasteiger partial charge in [0.25, 0.3) is 5.91 Å². The average molecular weight is 420 g/mol. The number of ether oxygens (including phenoxy) is 2. The molecule has 0 radical (unpaired) electrons. The van der Waals surface area contributed by atoms with Gasteiger partial charge in [0.1, 0.15) is 5.75 Å². The highest BCUT2D eigenvalue weighted by Gasteiger charge is 2.11. The van der Waals surface area contributed by atoms with E-state index in [2.05, 4.69) is 28.2 Å². The van der Waals surface area contributed by atoms with E-state index in [1.54, 1.807) is 49.4 Å². The molecular formula is C20H22BrNO4. The average Bonchev–Trinajstić information content (AvgIpc) is 2.64. The molecule has 0 aliphatic heterocycles. The van der Waals surface area contributed by atoms with Crippen LogP contribution in [0.1, 0.15) is 47.4 Å². The first-order chi connectivity index (χ1) is 12.5. The molecule has 0 aliphatic rings. The van der Waals surface area contributed by atoms with Crippen molar-refractivity contribution in [1.82, 2.24) is 0 Å². The van der Waals surface area contributed by atoms with Crippen molar-refractivity contribution in [3.8, 4) is 5.75 Å². The molecular weight excluding hydrogens is 398 g/mol. The van der Waals surface area contributed by atoms with Crippen LogP contribution in [-0.2, 0) is 4.74 Å². The van der Waals surface area contributed by atoms with E-state index in [0.717, 1.165) is 17.3 Å². The minimum Gasteiger partial charge on any atom is -0.492 e. The number of nitrogens with one attached hydrogen (secondary N) is 1. The maximum atomic E-state index is 12.4. The molecule has 1 amide bonds. The number of esters is 1. The predicted octanol–water partition coefficient (Wildman–Crippen LogP) is 5.06. The van der Waals surface area contributed by atoms with Gasteiger partial charge in [-0.3, -0.25) is 4.79 Å². The Hall–Kier alpha value is -2.34. The monoisotopic (exact) mass is 419 g/mol. The standard InChI is InChI=1S/C20H22BrNO4/c1-3-5-12-26-18-11-8-15(13-17(18)21)19(23)22-16-9-6-14(7-10-16)20(24)25-4-2/h6-11,13H,3-5,12H2,1-2H3,(H,22,23). The molecule has 1 N–H and O–H groups in total.